The SMILES string of the molecule is CC(C)C(=O)C(C)(C)c1nc2ccccc2c(=O)n1Cc1ccccc1. The first-order chi connectivity index (χ1) is 12.3. The molecule has 0 amide bonds. The summed E-state index contributed by atoms with van der Waals surface area (Å²) in [6, 6.07) is 17.1. The Bertz CT molecular complexity index is 1000. The summed E-state index contributed by atoms with van der Waals surface area (Å²) < 4.78 is 1.65. The molecular weight excluding hydrogens is 324 g/mol. The van der Waals surface area contributed by atoms with Crippen LogP contribution >= 0.6 is 0 Å². The standard InChI is InChI=1S/C22H24N2O2/c1-15(2)19(25)22(3,4)21-23-18-13-9-8-12-17(18)20(26)24(21)14-16-10-6-5-7-11-16/h5-13,15H,14H2,1-4H3. The molecule has 0 unspecified atom stereocenters. The predicted octanol–water partition coefficient (Wildman–Crippen LogP) is 3.95. The van der Waals surface area contributed by atoms with E-state index in [9.17, 15) is 9.59 Å². The summed E-state index contributed by atoms with van der Waals surface area (Å²) in [5, 5.41) is 0.569. The van der Waals surface area contributed by atoms with Gasteiger partial charge in [0.25, 0.3) is 5.56 Å². The fourth-order valence-electron chi connectivity index (χ4n) is 3.39. The number of aromatic nitrogens is 2. The van der Waals surface area contributed by atoms with Crippen LogP contribution in [0.4, 0.5) is 0 Å². The lowest BCUT2D eigenvalue weighted by Gasteiger charge is -2.28. The molecule has 0 saturated carbocycles. The number of hydrogen-bond donors (Lipinski definition) is 0. The predicted molar refractivity (Wildman–Crippen MR) is 104 cm³/mol. The maximum absolute atomic E-state index is 13.2. The summed E-state index contributed by atoms with van der Waals surface area (Å²) in [5.74, 6) is 0.448. The first-order valence-electron chi connectivity index (χ1n) is 8.90. The van der Waals surface area contributed by atoms with E-state index in [4.69, 9.17) is 4.98 Å². The van der Waals surface area contributed by atoms with Crippen LogP contribution < -0.4 is 5.56 Å². The van der Waals surface area contributed by atoms with Gasteiger partial charge in [0.15, 0.2) is 0 Å². The molecule has 0 N–H and O–H groups in total. The Morgan fingerprint density at radius 2 is 1.65 bits per heavy atom. The average molecular weight is 348 g/mol. The van der Waals surface area contributed by atoms with Crippen molar-refractivity contribution >= 4 is 16.7 Å². The Hall–Kier alpha value is -2.75. The second-order valence-electron chi connectivity index (χ2n) is 7.47. The minimum Gasteiger partial charge on any atom is -0.298 e. The minimum absolute atomic E-state index is 0.0708. The van der Waals surface area contributed by atoms with Crippen LogP contribution in [0.3, 0.4) is 0 Å². The highest BCUT2D eigenvalue weighted by Gasteiger charge is 2.36. The molecular formula is C22H24N2O2. The Kier molecular flexibility index (Phi) is 4.77. The van der Waals surface area contributed by atoms with E-state index in [2.05, 4.69) is 0 Å². The molecule has 2 aromatic carbocycles. The minimum atomic E-state index is -0.855. The molecule has 3 aromatic rings. The molecule has 0 saturated heterocycles. The Morgan fingerprint density at radius 3 is 2.31 bits per heavy atom. The highest BCUT2D eigenvalue weighted by atomic mass is 16.1. The van der Waals surface area contributed by atoms with Crippen LogP contribution in [0.25, 0.3) is 10.9 Å². The third-order valence-electron chi connectivity index (χ3n) is 4.74. The number of Topliss-reactive ketones (excluding diaryl/α,β-unsaturated/α-hetero) is 1. The molecule has 1 aromatic heterocycles. The zero-order valence-electron chi connectivity index (χ0n) is 15.7. The first-order valence-corrected chi connectivity index (χ1v) is 8.90. The molecule has 0 atom stereocenters. The molecule has 134 valence electrons. The molecule has 0 spiro atoms. The zero-order chi connectivity index (χ0) is 18.9. The summed E-state index contributed by atoms with van der Waals surface area (Å²) in [6.45, 7) is 7.86. The van der Waals surface area contributed by atoms with E-state index in [0.717, 1.165) is 5.56 Å². The van der Waals surface area contributed by atoms with E-state index < -0.39 is 5.41 Å². The van der Waals surface area contributed by atoms with E-state index in [1.165, 1.54) is 0 Å². The van der Waals surface area contributed by atoms with Crippen LogP contribution in [0.2, 0.25) is 0 Å². The third kappa shape index (κ3) is 3.19. The maximum Gasteiger partial charge on any atom is 0.261 e. The monoisotopic (exact) mass is 348 g/mol. The van der Waals surface area contributed by atoms with E-state index in [0.29, 0.717) is 23.3 Å². The molecule has 3 rings (SSSR count). The fourth-order valence-corrected chi connectivity index (χ4v) is 3.39. The van der Waals surface area contributed by atoms with Crippen molar-refractivity contribution in [3.63, 3.8) is 0 Å². The van der Waals surface area contributed by atoms with E-state index in [-0.39, 0.29) is 17.3 Å². The van der Waals surface area contributed by atoms with Gasteiger partial charge in [0.05, 0.1) is 22.9 Å². The van der Waals surface area contributed by atoms with Gasteiger partial charge in [-0.15, -0.1) is 0 Å². The number of rotatable bonds is 5. The highest BCUT2D eigenvalue weighted by Crippen LogP contribution is 2.27. The summed E-state index contributed by atoms with van der Waals surface area (Å²) >= 11 is 0. The zero-order valence-corrected chi connectivity index (χ0v) is 15.7. The van der Waals surface area contributed by atoms with Crippen molar-refractivity contribution in [2.45, 2.75) is 39.7 Å². The Morgan fingerprint density at radius 1 is 1.04 bits per heavy atom. The molecule has 4 nitrogen and oxygen atoms in total. The van der Waals surface area contributed by atoms with Crippen LogP contribution in [0.5, 0.6) is 0 Å². The second kappa shape index (κ2) is 6.87. The van der Waals surface area contributed by atoms with Crippen molar-refractivity contribution in [1.29, 1.82) is 0 Å². The average Bonchev–Trinajstić information content (AvgIpc) is 2.64. The van der Waals surface area contributed by atoms with Gasteiger partial charge in [0.2, 0.25) is 0 Å². The van der Waals surface area contributed by atoms with Crippen LogP contribution in [0, 0.1) is 5.92 Å². The molecule has 0 aliphatic carbocycles. The number of ketones is 1. The normalized spacial score (nSPS) is 11.9. The lowest BCUT2D eigenvalue weighted by molar-refractivity contribution is -0.126. The van der Waals surface area contributed by atoms with Crippen molar-refractivity contribution in [2.24, 2.45) is 5.92 Å². The van der Waals surface area contributed by atoms with Crippen molar-refractivity contribution < 1.29 is 4.79 Å². The number of fused-ring (bicyclic) bond motifs is 1. The first kappa shape index (κ1) is 18.1. The summed E-state index contributed by atoms with van der Waals surface area (Å²) in [7, 11) is 0. The molecule has 1 heterocycles. The number of para-hydroxylation sites is 1. The van der Waals surface area contributed by atoms with Gasteiger partial charge in [-0.25, -0.2) is 4.98 Å². The molecule has 0 bridgehead atoms. The fraction of sp³-hybridized carbons (Fsp3) is 0.318. The van der Waals surface area contributed by atoms with Crippen LogP contribution in [0.1, 0.15) is 39.1 Å². The van der Waals surface area contributed by atoms with Gasteiger partial charge in [-0.2, -0.15) is 0 Å². The lowest BCUT2D eigenvalue weighted by atomic mass is 9.81. The molecule has 0 aliphatic heterocycles. The van der Waals surface area contributed by atoms with Gasteiger partial charge in [-0.3, -0.25) is 14.2 Å². The maximum atomic E-state index is 13.2. The number of hydrogen-bond acceptors (Lipinski definition) is 3. The van der Waals surface area contributed by atoms with E-state index in [1.807, 2.05) is 76.2 Å². The Balaban J connectivity index is 2.28. The van der Waals surface area contributed by atoms with Crippen LogP contribution in [0.15, 0.2) is 59.4 Å². The summed E-state index contributed by atoms with van der Waals surface area (Å²) in [5.41, 5.74) is 0.660. The topological polar surface area (TPSA) is 52.0 Å². The molecule has 0 fully saturated rings. The van der Waals surface area contributed by atoms with Crippen molar-refractivity contribution in [2.75, 3.05) is 0 Å². The number of nitrogens with zero attached hydrogens (tertiary/aromatic N) is 2. The van der Waals surface area contributed by atoms with Gasteiger partial charge in [0.1, 0.15) is 11.6 Å². The summed E-state index contributed by atoms with van der Waals surface area (Å²) in [4.78, 5) is 30.8. The second-order valence-corrected chi connectivity index (χ2v) is 7.47. The quantitative estimate of drug-likeness (QED) is 0.701. The molecule has 26 heavy (non-hydrogen) atoms. The largest absolute Gasteiger partial charge is 0.298 e. The Labute approximate surface area is 153 Å². The van der Waals surface area contributed by atoms with Gasteiger partial charge in [-0.1, -0.05) is 56.3 Å². The lowest BCUT2D eigenvalue weighted by Crippen LogP contribution is -2.40. The van der Waals surface area contributed by atoms with Gasteiger partial charge in [-0.05, 0) is 31.5 Å². The van der Waals surface area contributed by atoms with Crippen molar-refractivity contribution in [3.8, 4) is 0 Å². The molecule has 0 aliphatic rings. The van der Waals surface area contributed by atoms with E-state index >= 15 is 0 Å². The number of carbonyl (C=O) groups is 1. The van der Waals surface area contributed by atoms with Crippen molar-refractivity contribution in [3.05, 3.63) is 76.3 Å². The van der Waals surface area contributed by atoms with Gasteiger partial charge in [0, 0.05) is 5.92 Å². The van der Waals surface area contributed by atoms with Gasteiger partial charge < -0.3 is 0 Å². The molecule has 4 heteroatoms. The smallest absolute Gasteiger partial charge is 0.261 e. The van der Waals surface area contributed by atoms with Crippen molar-refractivity contribution in [1.82, 2.24) is 9.55 Å². The number of benzene rings is 2. The van der Waals surface area contributed by atoms with E-state index in [1.54, 1.807) is 10.6 Å². The summed E-state index contributed by atoms with van der Waals surface area (Å²) in [6.07, 6.45) is 0. The van der Waals surface area contributed by atoms with Gasteiger partial charge >= 0.3 is 0 Å². The third-order valence-corrected chi connectivity index (χ3v) is 4.74. The van der Waals surface area contributed by atoms with Crippen LogP contribution in [-0.2, 0) is 16.8 Å². The number of carbonyl (C=O) groups excluding carboxylic acids is 1. The molecule has 0 radical (unpaired) electrons. The van der Waals surface area contributed by atoms with Crippen LogP contribution in [-0.4, -0.2) is 15.3 Å². The highest BCUT2D eigenvalue weighted by molar-refractivity contribution is 5.90.